The lowest BCUT2D eigenvalue weighted by Crippen LogP contribution is -2.19. The fraction of sp³-hybridized carbons (Fsp3) is 0.400. The van der Waals surface area contributed by atoms with E-state index >= 15 is 0 Å². The molecule has 0 saturated heterocycles. The quantitative estimate of drug-likeness (QED) is 0.871. The molecular formula is C10H12ClF2NO. The molecule has 0 saturated carbocycles. The van der Waals surface area contributed by atoms with Crippen LogP contribution in [-0.4, -0.2) is 13.7 Å². The Morgan fingerprint density at radius 3 is 2.60 bits per heavy atom. The highest BCUT2D eigenvalue weighted by molar-refractivity contribution is 6.31. The summed E-state index contributed by atoms with van der Waals surface area (Å²) in [5.41, 5.74) is 4.90. The van der Waals surface area contributed by atoms with Crippen molar-refractivity contribution in [3.05, 3.63) is 28.8 Å². The topological polar surface area (TPSA) is 35.2 Å². The summed E-state index contributed by atoms with van der Waals surface area (Å²) in [5, 5.41) is -0.00667. The molecule has 0 amide bonds. The molecule has 0 radical (unpaired) electrons. The average molecular weight is 236 g/mol. The van der Waals surface area contributed by atoms with Gasteiger partial charge in [0.25, 0.3) is 5.92 Å². The van der Waals surface area contributed by atoms with Gasteiger partial charge in [-0.25, -0.2) is 8.78 Å². The summed E-state index contributed by atoms with van der Waals surface area (Å²) in [6.45, 7) is -0.0879. The number of hydrogen-bond donors (Lipinski definition) is 1. The maximum Gasteiger partial charge on any atom is 0.275 e. The minimum atomic E-state index is -2.99. The van der Waals surface area contributed by atoms with Gasteiger partial charge in [-0.3, -0.25) is 0 Å². The lowest BCUT2D eigenvalue weighted by molar-refractivity contribution is -0.0106. The van der Waals surface area contributed by atoms with Crippen LogP contribution in [0, 0.1) is 0 Å². The molecule has 1 aromatic carbocycles. The second-order valence-electron chi connectivity index (χ2n) is 3.09. The molecule has 0 aliphatic heterocycles. The highest BCUT2D eigenvalue weighted by atomic mass is 35.5. The van der Waals surface area contributed by atoms with Gasteiger partial charge in [0.2, 0.25) is 0 Å². The van der Waals surface area contributed by atoms with Crippen LogP contribution in [0.15, 0.2) is 18.2 Å². The van der Waals surface area contributed by atoms with Crippen molar-refractivity contribution in [3.63, 3.8) is 0 Å². The van der Waals surface area contributed by atoms with E-state index in [4.69, 9.17) is 22.1 Å². The van der Waals surface area contributed by atoms with E-state index in [1.165, 1.54) is 25.3 Å². The van der Waals surface area contributed by atoms with Crippen LogP contribution in [0.25, 0.3) is 0 Å². The van der Waals surface area contributed by atoms with E-state index in [0.29, 0.717) is 5.75 Å². The highest BCUT2D eigenvalue weighted by Crippen LogP contribution is 2.37. The van der Waals surface area contributed by atoms with E-state index in [2.05, 4.69) is 0 Å². The van der Waals surface area contributed by atoms with Crippen molar-refractivity contribution >= 4 is 11.6 Å². The Hall–Kier alpha value is -0.870. The zero-order valence-electron chi connectivity index (χ0n) is 8.27. The number of rotatable bonds is 4. The summed E-state index contributed by atoms with van der Waals surface area (Å²) in [4.78, 5) is 0. The molecule has 0 heterocycles. The molecule has 5 heteroatoms. The Bertz CT molecular complexity index is 344. The number of hydrogen-bond acceptors (Lipinski definition) is 2. The van der Waals surface area contributed by atoms with E-state index in [0.717, 1.165) is 0 Å². The van der Waals surface area contributed by atoms with E-state index in [9.17, 15) is 8.78 Å². The fourth-order valence-electron chi connectivity index (χ4n) is 1.24. The Kier molecular flexibility index (Phi) is 3.88. The Morgan fingerprint density at radius 1 is 1.47 bits per heavy atom. The van der Waals surface area contributed by atoms with Crippen LogP contribution < -0.4 is 10.5 Å². The molecule has 0 bridgehead atoms. The first-order chi connectivity index (χ1) is 7.01. The van der Waals surface area contributed by atoms with E-state index in [-0.39, 0.29) is 17.1 Å². The van der Waals surface area contributed by atoms with Gasteiger partial charge in [-0.2, -0.15) is 0 Å². The zero-order valence-corrected chi connectivity index (χ0v) is 9.02. The molecule has 15 heavy (non-hydrogen) atoms. The normalized spacial score (nSPS) is 11.5. The van der Waals surface area contributed by atoms with Crippen LogP contribution in [0.3, 0.4) is 0 Å². The van der Waals surface area contributed by atoms with Crippen LogP contribution in [0.5, 0.6) is 5.75 Å². The zero-order chi connectivity index (χ0) is 11.5. The molecule has 1 rings (SSSR count). The van der Waals surface area contributed by atoms with Crippen molar-refractivity contribution in [1.82, 2.24) is 0 Å². The molecular weight excluding hydrogens is 224 g/mol. The van der Waals surface area contributed by atoms with E-state index < -0.39 is 12.3 Å². The third kappa shape index (κ3) is 2.79. The van der Waals surface area contributed by atoms with Crippen LogP contribution in [0.4, 0.5) is 8.78 Å². The Balaban J connectivity index is 3.04. The molecule has 0 atom stereocenters. The SMILES string of the molecule is COc1ccc(C(F)(F)CCN)c(Cl)c1. The predicted octanol–water partition coefficient (Wildman–Crippen LogP) is 2.79. The predicted molar refractivity (Wildman–Crippen MR) is 55.6 cm³/mol. The molecule has 84 valence electrons. The van der Waals surface area contributed by atoms with E-state index in [1.54, 1.807) is 0 Å². The lowest BCUT2D eigenvalue weighted by atomic mass is 10.1. The molecule has 1 aromatic rings. The molecule has 0 aliphatic carbocycles. The molecule has 0 unspecified atom stereocenters. The van der Waals surface area contributed by atoms with Crippen LogP contribution in [0.1, 0.15) is 12.0 Å². The van der Waals surface area contributed by atoms with Gasteiger partial charge in [0.15, 0.2) is 0 Å². The summed E-state index contributed by atoms with van der Waals surface area (Å²) < 4.78 is 31.8. The van der Waals surface area contributed by atoms with Crippen LogP contribution in [0.2, 0.25) is 5.02 Å². The van der Waals surface area contributed by atoms with E-state index in [1.807, 2.05) is 0 Å². The molecule has 0 fully saturated rings. The first-order valence-electron chi connectivity index (χ1n) is 4.43. The molecule has 0 aliphatic rings. The molecule has 2 N–H and O–H groups in total. The number of alkyl halides is 2. The van der Waals surface area contributed by atoms with Gasteiger partial charge in [0, 0.05) is 12.0 Å². The van der Waals surface area contributed by atoms with Gasteiger partial charge < -0.3 is 10.5 Å². The molecule has 0 aromatic heterocycles. The standard InChI is InChI=1S/C10H12ClF2NO/c1-15-7-2-3-8(9(11)6-7)10(12,13)4-5-14/h2-3,6H,4-5,14H2,1H3. The third-order valence-corrected chi connectivity index (χ3v) is 2.34. The summed E-state index contributed by atoms with van der Waals surface area (Å²) >= 11 is 5.73. The average Bonchev–Trinajstić information content (AvgIpc) is 2.17. The van der Waals surface area contributed by atoms with Crippen molar-refractivity contribution in [2.45, 2.75) is 12.3 Å². The first-order valence-corrected chi connectivity index (χ1v) is 4.81. The minimum absolute atomic E-state index is 0.00667. The number of ether oxygens (including phenoxy) is 1. The van der Waals surface area contributed by atoms with Crippen molar-refractivity contribution in [2.24, 2.45) is 5.73 Å². The minimum Gasteiger partial charge on any atom is -0.497 e. The molecule has 0 spiro atoms. The van der Waals surface area contributed by atoms with Crippen molar-refractivity contribution < 1.29 is 13.5 Å². The van der Waals surface area contributed by atoms with Gasteiger partial charge in [0.1, 0.15) is 5.75 Å². The second kappa shape index (κ2) is 4.77. The second-order valence-corrected chi connectivity index (χ2v) is 3.50. The summed E-state index contributed by atoms with van der Waals surface area (Å²) in [5.74, 6) is -2.54. The first kappa shape index (κ1) is 12.2. The highest BCUT2D eigenvalue weighted by Gasteiger charge is 2.32. The van der Waals surface area contributed by atoms with Crippen molar-refractivity contribution in [1.29, 1.82) is 0 Å². The smallest absolute Gasteiger partial charge is 0.275 e. The number of methoxy groups -OCH3 is 1. The number of benzene rings is 1. The van der Waals surface area contributed by atoms with Crippen LogP contribution in [-0.2, 0) is 5.92 Å². The summed E-state index contributed by atoms with van der Waals surface area (Å²) in [7, 11) is 1.45. The van der Waals surface area contributed by atoms with Gasteiger partial charge in [-0.1, -0.05) is 11.6 Å². The summed E-state index contributed by atoms with van der Waals surface area (Å²) in [6.07, 6.45) is -0.418. The van der Waals surface area contributed by atoms with Crippen molar-refractivity contribution in [3.8, 4) is 5.75 Å². The number of halogens is 3. The maximum absolute atomic E-state index is 13.4. The lowest BCUT2D eigenvalue weighted by Gasteiger charge is -2.17. The van der Waals surface area contributed by atoms with Gasteiger partial charge in [-0.15, -0.1) is 0 Å². The van der Waals surface area contributed by atoms with Crippen LogP contribution >= 0.6 is 11.6 Å². The fourth-order valence-corrected chi connectivity index (χ4v) is 1.54. The van der Waals surface area contributed by atoms with Crippen molar-refractivity contribution in [2.75, 3.05) is 13.7 Å². The van der Waals surface area contributed by atoms with Gasteiger partial charge in [0.05, 0.1) is 12.1 Å². The summed E-state index contributed by atoms with van der Waals surface area (Å²) in [6, 6.07) is 4.07. The Labute approximate surface area is 92.0 Å². The monoisotopic (exact) mass is 235 g/mol. The van der Waals surface area contributed by atoms with Gasteiger partial charge >= 0.3 is 0 Å². The number of nitrogens with two attached hydrogens (primary N) is 1. The molecule has 2 nitrogen and oxygen atoms in total. The third-order valence-electron chi connectivity index (χ3n) is 2.03. The largest absolute Gasteiger partial charge is 0.497 e. The maximum atomic E-state index is 13.4. The van der Waals surface area contributed by atoms with Gasteiger partial charge in [-0.05, 0) is 24.7 Å². The Morgan fingerprint density at radius 2 is 2.13 bits per heavy atom.